The van der Waals surface area contributed by atoms with Gasteiger partial charge in [0.05, 0.1) is 34.0 Å². The first-order valence-corrected chi connectivity index (χ1v) is 12.4. The second kappa shape index (κ2) is 8.69. The zero-order valence-electron chi connectivity index (χ0n) is 18.2. The van der Waals surface area contributed by atoms with Crippen LogP contribution in [-0.4, -0.2) is 52.7 Å². The Kier molecular flexibility index (Phi) is 6.08. The standard InChI is InChI=1S/C22H24F2N4O4S/c1-3-5-18-17-10-14(20(29)26-22(2)8-9-33(30,31)13-22)12-25-19(17)28(27-18)15-6-4-7-16(11-15)32-21(23)24/h4,6-7,10-12,21H,3,5,8-9,13H2,1-2H3,(H,26,29)/t22-/m0/s1. The van der Waals surface area contributed by atoms with Crippen molar-refractivity contribution in [2.45, 2.75) is 45.3 Å². The summed E-state index contributed by atoms with van der Waals surface area (Å²) in [5.41, 5.74) is 1.14. The molecule has 33 heavy (non-hydrogen) atoms. The van der Waals surface area contributed by atoms with Crippen LogP contribution in [0.5, 0.6) is 5.75 Å². The van der Waals surface area contributed by atoms with Crippen LogP contribution in [0.4, 0.5) is 8.78 Å². The fraction of sp³-hybridized carbons (Fsp3) is 0.409. The number of carbonyl (C=O) groups is 1. The van der Waals surface area contributed by atoms with Gasteiger partial charge >= 0.3 is 6.61 Å². The molecule has 11 heteroatoms. The van der Waals surface area contributed by atoms with Crippen molar-refractivity contribution < 1.29 is 26.7 Å². The smallest absolute Gasteiger partial charge is 0.387 e. The van der Waals surface area contributed by atoms with Crippen LogP contribution in [0.2, 0.25) is 0 Å². The number of rotatable bonds is 7. The van der Waals surface area contributed by atoms with E-state index in [2.05, 4.69) is 20.1 Å². The maximum atomic E-state index is 12.9. The molecule has 1 amide bonds. The second-order valence-electron chi connectivity index (χ2n) is 8.44. The van der Waals surface area contributed by atoms with Gasteiger partial charge in [-0.25, -0.2) is 18.1 Å². The predicted octanol–water partition coefficient (Wildman–Crippen LogP) is 3.28. The van der Waals surface area contributed by atoms with Crippen molar-refractivity contribution in [2.24, 2.45) is 0 Å². The van der Waals surface area contributed by atoms with E-state index in [1.165, 1.54) is 23.0 Å². The summed E-state index contributed by atoms with van der Waals surface area (Å²) in [5, 5.41) is 8.10. The topological polar surface area (TPSA) is 103 Å². The monoisotopic (exact) mass is 478 g/mol. The Balaban J connectivity index is 1.69. The molecule has 176 valence electrons. The molecular formula is C22H24F2N4O4S. The number of sulfone groups is 1. The number of alkyl halides is 2. The normalized spacial score (nSPS) is 19.8. The maximum Gasteiger partial charge on any atom is 0.387 e. The van der Waals surface area contributed by atoms with E-state index < -0.39 is 27.9 Å². The third kappa shape index (κ3) is 4.97. The largest absolute Gasteiger partial charge is 0.435 e. The lowest BCUT2D eigenvalue weighted by Gasteiger charge is -2.23. The first kappa shape index (κ1) is 23.1. The van der Waals surface area contributed by atoms with Crippen molar-refractivity contribution in [2.75, 3.05) is 11.5 Å². The average molecular weight is 479 g/mol. The van der Waals surface area contributed by atoms with E-state index in [1.54, 1.807) is 25.1 Å². The number of amides is 1. The molecule has 0 spiro atoms. The second-order valence-corrected chi connectivity index (χ2v) is 10.6. The summed E-state index contributed by atoms with van der Waals surface area (Å²) < 4.78 is 55.0. The van der Waals surface area contributed by atoms with Gasteiger partial charge in [0.25, 0.3) is 5.91 Å². The van der Waals surface area contributed by atoms with Gasteiger partial charge < -0.3 is 10.1 Å². The van der Waals surface area contributed by atoms with Crippen molar-refractivity contribution in [3.05, 3.63) is 47.8 Å². The quantitative estimate of drug-likeness (QED) is 0.559. The Labute approximate surface area is 189 Å². The molecule has 3 heterocycles. The SMILES string of the molecule is CCCc1nn(-c2cccc(OC(F)F)c2)c2ncc(C(=O)N[C@@]3(C)CCS(=O)(=O)C3)cc12. The number of fused-ring (bicyclic) bond motifs is 1. The minimum absolute atomic E-state index is 0.000973. The number of benzene rings is 1. The molecule has 1 fully saturated rings. The van der Waals surface area contributed by atoms with Gasteiger partial charge in [-0.3, -0.25) is 4.79 Å². The molecule has 1 aromatic carbocycles. The summed E-state index contributed by atoms with van der Waals surface area (Å²) in [6, 6.07) is 7.83. The number of nitrogens with zero attached hydrogens (tertiary/aromatic N) is 3. The summed E-state index contributed by atoms with van der Waals surface area (Å²) in [6.45, 7) is 0.769. The Hall–Kier alpha value is -3.08. The summed E-state index contributed by atoms with van der Waals surface area (Å²) in [7, 11) is -3.17. The average Bonchev–Trinajstić information content (AvgIpc) is 3.23. The minimum atomic E-state index is -3.17. The highest BCUT2D eigenvalue weighted by Gasteiger charge is 2.39. The molecular weight excluding hydrogens is 454 g/mol. The number of hydrogen-bond donors (Lipinski definition) is 1. The van der Waals surface area contributed by atoms with E-state index in [1.807, 2.05) is 6.92 Å². The Morgan fingerprint density at radius 3 is 2.79 bits per heavy atom. The molecule has 0 saturated carbocycles. The highest BCUT2D eigenvalue weighted by molar-refractivity contribution is 7.91. The zero-order valence-corrected chi connectivity index (χ0v) is 19.0. The van der Waals surface area contributed by atoms with E-state index in [-0.39, 0.29) is 17.3 Å². The Bertz CT molecular complexity index is 1310. The number of aryl methyl sites for hydroxylation is 1. The molecule has 1 aliphatic rings. The highest BCUT2D eigenvalue weighted by atomic mass is 32.2. The minimum Gasteiger partial charge on any atom is -0.435 e. The number of pyridine rings is 1. The van der Waals surface area contributed by atoms with E-state index in [9.17, 15) is 22.0 Å². The van der Waals surface area contributed by atoms with Crippen molar-refractivity contribution in [3.63, 3.8) is 0 Å². The third-order valence-electron chi connectivity index (χ3n) is 5.55. The lowest BCUT2D eigenvalue weighted by Crippen LogP contribution is -2.46. The van der Waals surface area contributed by atoms with Gasteiger partial charge in [-0.05, 0) is 38.0 Å². The van der Waals surface area contributed by atoms with Crippen molar-refractivity contribution in [1.82, 2.24) is 20.1 Å². The van der Waals surface area contributed by atoms with Crippen LogP contribution < -0.4 is 10.1 Å². The molecule has 0 bridgehead atoms. The van der Waals surface area contributed by atoms with Gasteiger partial charge in [0.2, 0.25) is 0 Å². The van der Waals surface area contributed by atoms with Crippen LogP contribution in [0.25, 0.3) is 16.7 Å². The van der Waals surface area contributed by atoms with Crippen molar-refractivity contribution >= 4 is 26.8 Å². The van der Waals surface area contributed by atoms with Gasteiger partial charge in [0, 0.05) is 17.6 Å². The Morgan fingerprint density at radius 2 is 2.12 bits per heavy atom. The van der Waals surface area contributed by atoms with Crippen LogP contribution in [0.1, 0.15) is 42.7 Å². The number of hydrogen-bond acceptors (Lipinski definition) is 6. The summed E-state index contributed by atoms with van der Waals surface area (Å²) in [6.07, 6.45) is 3.18. The number of ether oxygens (including phenoxy) is 1. The zero-order chi connectivity index (χ0) is 23.8. The van der Waals surface area contributed by atoms with Crippen LogP contribution in [0, 0.1) is 0 Å². The van der Waals surface area contributed by atoms with Crippen LogP contribution in [-0.2, 0) is 16.3 Å². The molecule has 3 aromatic rings. The fourth-order valence-electron chi connectivity index (χ4n) is 4.03. The Morgan fingerprint density at radius 1 is 1.33 bits per heavy atom. The van der Waals surface area contributed by atoms with Crippen LogP contribution in [0.3, 0.4) is 0 Å². The van der Waals surface area contributed by atoms with E-state index in [0.29, 0.717) is 40.8 Å². The summed E-state index contributed by atoms with van der Waals surface area (Å²) in [4.78, 5) is 17.3. The molecule has 1 aliphatic heterocycles. The van der Waals surface area contributed by atoms with Gasteiger partial charge in [-0.15, -0.1) is 0 Å². The maximum absolute atomic E-state index is 12.9. The number of nitrogens with one attached hydrogen (secondary N) is 1. The van der Waals surface area contributed by atoms with Crippen molar-refractivity contribution in [1.29, 1.82) is 0 Å². The molecule has 1 atom stereocenters. The number of halogens is 2. The van der Waals surface area contributed by atoms with E-state index in [4.69, 9.17) is 0 Å². The molecule has 1 N–H and O–H groups in total. The number of carbonyl (C=O) groups excluding carboxylic acids is 1. The predicted molar refractivity (Wildman–Crippen MR) is 119 cm³/mol. The lowest BCUT2D eigenvalue weighted by molar-refractivity contribution is -0.0498. The molecule has 0 radical (unpaired) electrons. The molecule has 2 aromatic heterocycles. The van der Waals surface area contributed by atoms with Gasteiger partial charge in [0.15, 0.2) is 15.5 Å². The van der Waals surface area contributed by atoms with Crippen LogP contribution >= 0.6 is 0 Å². The molecule has 1 saturated heterocycles. The summed E-state index contributed by atoms with van der Waals surface area (Å²) in [5.74, 6) is -0.467. The molecule has 0 unspecified atom stereocenters. The molecule has 4 rings (SSSR count). The first-order chi connectivity index (χ1) is 15.6. The number of aromatic nitrogens is 3. The fourth-order valence-corrected chi connectivity index (χ4v) is 6.13. The van der Waals surface area contributed by atoms with E-state index >= 15 is 0 Å². The first-order valence-electron chi connectivity index (χ1n) is 10.5. The van der Waals surface area contributed by atoms with Crippen LogP contribution in [0.15, 0.2) is 36.5 Å². The third-order valence-corrected chi connectivity index (χ3v) is 7.46. The summed E-state index contributed by atoms with van der Waals surface area (Å²) >= 11 is 0. The van der Waals surface area contributed by atoms with E-state index in [0.717, 1.165) is 6.42 Å². The lowest BCUT2D eigenvalue weighted by atomic mass is 10.0. The van der Waals surface area contributed by atoms with Crippen molar-refractivity contribution in [3.8, 4) is 11.4 Å². The van der Waals surface area contributed by atoms with Gasteiger partial charge in [0.1, 0.15) is 5.75 Å². The highest BCUT2D eigenvalue weighted by Crippen LogP contribution is 2.27. The van der Waals surface area contributed by atoms with Gasteiger partial charge in [-0.1, -0.05) is 19.4 Å². The molecule has 8 nitrogen and oxygen atoms in total. The molecule has 0 aliphatic carbocycles. The van der Waals surface area contributed by atoms with Gasteiger partial charge in [-0.2, -0.15) is 13.9 Å².